The molecule has 0 aliphatic heterocycles. The zero-order chi connectivity index (χ0) is 11.1. The molecular formula is C12H19NO2. The summed E-state index contributed by atoms with van der Waals surface area (Å²) in [4.78, 5) is 0. The van der Waals surface area contributed by atoms with Gasteiger partial charge in [0.15, 0.2) is 11.5 Å². The number of nitrogens with one attached hydrogen (secondary N) is 1. The Bertz CT molecular complexity index is 300. The lowest BCUT2D eigenvalue weighted by Crippen LogP contribution is -2.03. The average molecular weight is 209 g/mol. The molecule has 3 heteroatoms. The van der Waals surface area contributed by atoms with Crippen LogP contribution in [0.4, 0.5) is 5.69 Å². The van der Waals surface area contributed by atoms with Gasteiger partial charge in [0.05, 0.1) is 19.9 Å². The summed E-state index contributed by atoms with van der Waals surface area (Å²) in [5.41, 5.74) is 0.991. The van der Waals surface area contributed by atoms with Gasteiger partial charge in [-0.3, -0.25) is 0 Å². The predicted molar refractivity (Wildman–Crippen MR) is 62.9 cm³/mol. The highest BCUT2D eigenvalue weighted by Gasteiger charge is 2.07. The summed E-state index contributed by atoms with van der Waals surface area (Å²) in [5, 5.41) is 3.33. The van der Waals surface area contributed by atoms with Gasteiger partial charge in [0.1, 0.15) is 0 Å². The average Bonchev–Trinajstić information content (AvgIpc) is 2.29. The molecule has 1 rings (SSSR count). The van der Waals surface area contributed by atoms with Crippen LogP contribution in [-0.4, -0.2) is 20.8 Å². The third kappa shape index (κ3) is 3.05. The van der Waals surface area contributed by atoms with Crippen molar-refractivity contribution in [2.45, 2.75) is 19.8 Å². The van der Waals surface area contributed by atoms with Gasteiger partial charge in [-0.1, -0.05) is 19.4 Å². The van der Waals surface area contributed by atoms with E-state index in [0.717, 1.165) is 30.2 Å². The number of benzene rings is 1. The highest BCUT2D eigenvalue weighted by Crippen LogP contribution is 2.34. The molecule has 0 radical (unpaired) electrons. The van der Waals surface area contributed by atoms with E-state index in [1.807, 2.05) is 18.2 Å². The molecule has 1 N–H and O–H groups in total. The number of unbranched alkanes of at least 4 members (excludes halogenated alkanes) is 1. The number of rotatable bonds is 6. The Hall–Kier alpha value is -1.38. The molecule has 1 aromatic carbocycles. The normalized spacial score (nSPS) is 9.80. The fourth-order valence-electron chi connectivity index (χ4n) is 1.43. The van der Waals surface area contributed by atoms with Crippen LogP contribution in [0.1, 0.15) is 19.8 Å². The number of hydrogen-bond donors (Lipinski definition) is 1. The molecule has 0 aliphatic rings. The number of anilines is 1. The zero-order valence-corrected chi connectivity index (χ0v) is 9.67. The van der Waals surface area contributed by atoms with Crippen molar-refractivity contribution in [3.63, 3.8) is 0 Å². The van der Waals surface area contributed by atoms with E-state index in [9.17, 15) is 0 Å². The van der Waals surface area contributed by atoms with E-state index in [2.05, 4.69) is 12.2 Å². The van der Waals surface area contributed by atoms with Gasteiger partial charge in [-0.15, -0.1) is 0 Å². The minimum atomic E-state index is 0.763. The first-order valence-electron chi connectivity index (χ1n) is 5.28. The van der Waals surface area contributed by atoms with Gasteiger partial charge in [-0.2, -0.15) is 0 Å². The van der Waals surface area contributed by atoms with Crippen LogP contribution in [-0.2, 0) is 0 Å². The number of para-hydroxylation sites is 1. The van der Waals surface area contributed by atoms with E-state index in [4.69, 9.17) is 9.47 Å². The third-order valence-electron chi connectivity index (χ3n) is 2.25. The van der Waals surface area contributed by atoms with Crippen LogP contribution in [0.15, 0.2) is 18.2 Å². The van der Waals surface area contributed by atoms with E-state index in [0.29, 0.717) is 0 Å². The Labute approximate surface area is 91.4 Å². The molecule has 0 bridgehead atoms. The highest BCUT2D eigenvalue weighted by atomic mass is 16.5. The van der Waals surface area contributed by atoms with Crippen molar-refractivity contribution in [3.8, 4) is 11.5 Å². The van der Waals surface area contributed by atoms with Crippen LogP contribution in [0.25, 0.3) is 0 Å². The van der Waals surface area contributed by atoms with Gasteiger partial charge in [-0.25, -0.2) is 0 Å². The molecule has 0 saturated carbocycles. The van der Waals surface area contributed by atoms with Crippen LogP contribution >= 0.6 is 0 Å². The Balaban J connectivity index is 2.76. The van der Waals surface area contributed by atoms with Crippen molar-refractivity contribution >= 4 is 5.69 Å². The molecular weight excluding hydrogens is 190 g/mol. The quantitative estimate of drug-likeness (QED) is 0.731. The summed E-state index contributed by atoms with van der Waals surface area (Å²) in [7, 11) is 3.30. The molecule has 0 heterocycles. The number of hydrogen-bond acceptors (Lipinski definition) is 3. The van der Waals surface area contributed by atoms with Gasteiger partial charge in [0, 0.05) is 6.54 Å². The molecule has 0 fully saturated rings. The molecule has 1 aromatic rings. The van der Waals surface area contributed by atoms with Gasteiger partial charge < -0.3 is 14.8 Å². The second-order valence-electron chi connectivity index (χ2n) is 3.32. The molecule has 0 saturated heterocycles. The van der Waals surface area contributed by atoms with Gasteiger partial charge in [0.2, 0.25) is 0 Å². The maximum absolute atomic E-state index is 5.31. The second kappa shape index (κ2) is 6.17. The first-order valence-corrected chi connectivity index (χ1v) is 5.28. The van der Waals surface area contributed by atoms with E-state index >= 15 is 0 Å². The van der Waals surface area contributed by atoms with Crippen molar-refractivity contribution in [3.05, 3.63) is 18.2 Å². The van der Waals surface area contributed by atoms with Crippen molar-refractivity contribution in [1.82, 2.24) is 0 Å². The number of ether oxygens (including phenoxy) is 2. The molecule has 3 nitrogen and oxygen atoms in total. The fraction of sp³-hybridized carbons (Fsp3) is 0.500. The Morgan fingerprint density at radius 3 is 2.60 bits per heavy atom. The second-order valence-corrected chi connectivity index (χ2v) is 3.32. The van der Waals surface area contributed by atoms with E-state index in [1.54, 1.807) is 14.2 Å². The summed E-state index contributed by atoms with van der Waals surface area (Å²) in [5.74, 6) is 1.54. The zero-order valence-electron chi connectivity index (χ0n) is 9.67. The first-order chi connectivity index (χ1) is 7.33. The lowest BCUT2D eigenvalue weighted by atomic mass is 10.2. The minimum Gasteiger partial charge on any atom is -0.493 e. The maximum atomic E-state index is 5.31. The summed E-state index contributed by atoms with van der Waals surface area (Å²) in [6.45, 7) is 3.13. The molecule has 0 amide bonds. The molecule has 15 heavy (non-hydrogen) atoms. The van der Waals surface area contributed by atoms with Crippen molar-refractivity contribution in [1.29, 1.82) is 0 Å². The van der Waals surface area contributed by atoms with E-state index < -0.39 is 0 Å². The molecule has 0 aliphatic carbocycles. The summed E-state index contributed by atoms with van der Waals surface area (Å²) < 4.78 is 10.5. The van der Waals surface area contributed by atoms with Gasteiger partial charge >= 0.3 is 0 Å². The molecule has 0 unspecified atom stereocenters. The topological polar surface area (TPSA) is 30.5 Å². The lowest BCUT2D eigenvalue weighted by Gasteiger charge is -2.13. The maximum Gasteiger partial charge on any atom is 0.183 e. The summed E-state index contributed by atoms with van der Waals surface area (Å²) in [6, 6.07) is 5.84. The Morgan fingerprint density at radius 2 is 2.00 bits per heavy atom. The van der Waals surface area contributed by atoms with E-state index in [-0.39, 0.29) is 0 Å². The third-order valence-corrected chi connectivity index (χ3v) is 2.25. The van der Waals surface area contributed by atoms with Gasteiger partial charge in [0.25, 0.3) is 0 Å². The van der Waals surface area contributed by atoms with E-state index in [1.165, 1.54) is 6.42 Å². The largest absolute Gasteiger partial charge is 0.493 e. The molecule has 0 spiro atoms. The smallest absolute Gasteiger partial charge is 0.183 e. The van der Waals surface area contributed by atoms with Crippen LogP contribution in [0.3, 0.4) is 0 Å². The van der Waals surface area contributed by atoms with Crippen LogP contribution in [0, 0.1) is 0 Å². The molecule has 0 atom stereocenters. The van der Waals surface area contributed by atoms with Gasteiger partial charge in [-0.05, 0) is 18.6 Å². The monoisotopic (exact) mass is 209 g/mol. The van der Waals surface area contributed by atoms with Crippen LogP contribution in [0.5, 0.6) is 11.5 Å². The lowest BCUT2D eigenvalue weighted by molar-refractivity contribution is 0.356. The Morgan fingerprint density at radius 1 is 1.20 bits per heavy atom. The summed E-state index contributed by atoms with van der Waals surface area (Å²) in [6.07, 6.45) is 2.33. The Kier molecular flexibility index (Phi) is 4.81. The minimum absolute atomic E-state index is 0.763. The predicted octanol–water partition coefficient (Wildman–Crippen LogP) is 2.92. The van der Waals surface area contributed by atoms with Crippen LogP contribution in [0.2, 0.25) is 0 Å². The van der Waals surface area contributed by atoms with Crippen molar-refractivity contribution in [2.75, 3.05) is 26.1 Å². The van der Waals surface area contributed by atoms with Crippen LogP contribution < -0.4 is 14.8 Å². The van der Waals surface area contributed by atoms with Crippen molar-refractivity contribution < 1.29 is 9.47 Å². The fourth-order valence-corrected chi connectivity index (χ4v) is 1.43. The SMILES string of the molecule is CCCCNc1cccc(OC)c1OC. The first kappa shape index (κ1) is 11.7. The molecule has 84 valence electrons. The summed E-state index contributed by atoms with van der Waals surface area (Å²) >= 11 is 0. The standard InChI is InChI=1S/C12H19NO2/c1-4-5-9-13-10-7-6-8-11(14-2)12(10)15-3/h6-8,13H,4-5,9H2,1-3H3. The van der Waals surface area contributed by atoms with Crippen molar-refractivity contribution in [2.24, 2.45) is 0 Å². The number of methoxy groups -OCH3 is 2. The highest BCUT2D eigenvalue weighted by molar-refractivity contribution is 5.63. The molecule has 0 aromatic heterocycles.